The molecule has 6 heteroatoms. The van der Waals surface area contributed by atoms with Gasteiger partial charge in [-0.15, -0.1) is 0 Å². The second-order valence-corrected chi connectivity index (χ2v) is 3.40. The largest absolute Gasteiger partial charge is 0.477 e. The summed E-state index contributed by atoms with van der Waals surface area (Å²) in [5.74, 6) is -1.02. The number of halogens is 1. The first-order chi connectivity index (χ1) is 7.16. The van der Waals surface area contributed by atoms with Crippen LogP contribution in [0.3, 0.4) is 0 Å². The third-order valence-electron chi connectivity index (χ3n) is 1.91. The first kappa shape index (κ1) is 9.79. The summed E-state index contributed by atoms with van der Waals surface area (Å²) in [6, 6.07) is 3.06. The highest BCUT2D eigenvalue weighted by Gasteiger charge is 2.12. The molecule has 0 saturated heterocycles. The lowest BCUT2D eigenvalue weighted by Gasteiger charge is -2.01. The minimum atomic E-state index is -1.02. The van der Waals surface area contributed by atoms with Crippen molar-refractivity contribution < 1.29 is 14.4 Å². The molecule has 0 aliphatic rings. The Kier molecular flexibility index (Phi) is 2.47. The van der Waals surface area contributed by atoms with E-state index < -0.39 is 5.97 Å². The molecule has 0 unspecified atom stereocenters. The average molecular weight is 227 g/mol. The number of aromatic carboxylic acids is 1. The minimum absolute atomic E-state index is 0.128. The van der Waals surface area contributed by atoms with E-state index in [2.05, 4.69) is 9.68 Å². The van der Waals surface area contributed by atoms with Gasteiger partial charge >= 0.3 is 5.97 Å². The Labute approximate surface area is 89.9 Å². The van der Waals surface area contributed by atoms with Crippen molar-refractivity contribution in [2.45, 2.75) is 6.54 Å². The van der Waals surface area contributed by atoms with Crippen LogP contribution < -0.4 is 0 Å². The highest BCUT2D eigenvalue weighted by molar-refractivity contribution is 6.30. The monoisotopic (exact) mass is 226 g/mol. The van der Waals surface area contributed by atoms with E-state index in [1.165, 1.54) is 16.9 Å². The van der Waals surface area contributed by atoms with E-state index in [0.29, 0.717) is 17.3 Å². The molecule has 2 aromatic heterocycles. The van der Waals surface area contributed by atoms with Crippen LogP contribution in [0.25, 0.3) is 0 Å². The van der Waals surface area contributed by atoms with Crippen LogP contribution in [-0.2, 0) is 6.54 Å². The number of nitrogens with zero attached hydrogens (tertiary/aromatic N) is 2. The van der Waals surface area contributed by atoms with Gasteiger partial charge in [0, 0.05) is 12.3 Å². The number of carboxylic acid groups (broad SMARTS) is 1. The summed E-state index contributed by atoms with van der Waals surface area (Å²) in [4.78, 5) is 10.8. The van der Waals surface area contributed by atoms with E-state index in [1.54, 1.807) is 12.3 Å². The molecule has 1 N–H and O–H groups in total. The van der Waals surface area contributed by atoms with Gasteiger partial charge < -0.3 is 14.2 Å². The molecule has 2 aromatic rings. The topological polar surface area (TPSA) is 68.3 Å². The summed E-state index contributed by atoms with van der Waals surface area (Å²) in [6.45, 7) is 0.324. The fraction of sp³-hybridized carbons (Fsp3) is 0.111. The zero-order valence-corrected chi connectivity index (χ0v) is 8.31. The lowest BCUT2D eigenvalue weighted by Crippen LogP contribution is -2.08. The predicted molar refractivity (Wildman–Crippen MR) is 52.0 cm³/mol. The van der Waals surface area contributed by atoms with Gasteiger partial charge in [0.25, 0.3) is 0 Å². The highest BCUT2D eigenvalue weighted by atomic mass is 35.5. The van der Waals surface area contributed by atoms with Gasteiger partial charge in [0.15, 0.2) is 0 Å². The number of aromatic nitrogens is 2. The van der Waals surface area contributed by atoms with Gasteiger partial charge in [0.1, 0.15) is 17.7 Å². The summed E-state index contributed by atoms with van der Waals surface area (Å²) >= 11 is 5.72. The van der Waals surface area contributed by atoms with Gasteiger partial charge in [-0.2, -0.15) is 0 Å². The SMILES string of the molecule is O=C(O)c1cc(Cl)cn1Cc1ccon1. The molecular formula is C9H7ClN2O3. The van der Waals surface area contributed by atoms with E-state index >= 15 is 0 Å². The molecule has 2 heterocycles. The summed E-state index contributed by atoms with van der Waals surface area (Å²) < 4.78 is 6.15. The zero-order valence-electron chi connectivity index (χ0n) is 7.55. The van der Waals surface area contributed by atoms with Crippen molar-refractivity contribution >= 4 is 17.6 Å². The predicted octanol–water partition coefficient (Wildman–Crippen LogP) is 1.88. The van der Waals surface area contributed by atoms with E-state index in [9.17, 15) is 4.79 Å². The standard InChI is InChI=1S/C9H7ClN2O3/c10-6-3-8(9(13)14)12(4-6)5-7-1-2-15-11-7/h1-4H,5H2,(H,13,14). The number of hydrogen-bond acceptors (Lipinski definition) is 3. The average Bonchev–Trinajstić information content (AvgIpc) is 2.75. The van der Waals surface area contributed by atoms with Crippen LogP contribution in [0.1, 0.15) is 16.2 Å². The Morgan fingerprint density at radius 1 is 1.67 bits per heavy atom. The lowest BCUT2D eigenvalue weighted by molar-refractivity contribution is 0.0685. The maximum Gasteiger partial charge on any atom is 0.352 e. The Morgan fingerprint density at radius 3 is 3.07 bits per heavy atom. The normalized spacial score (nSPS) is 10.5. The van der Waals surface area contributed by atoms with Crippen molar-refractivity contribution in [3.8, 4) is 0 Å². The molecule has 0 saturated carbocycles. The first-order valence-electron chi connectivity index (χ1n) is 4.15. The molecule has 0 atom stereocenters. The number of hydrogen-bond donors (Lipinski definition) is 1. The summed E-state index contributed by atoms with van der Waals surface area (Å²) in [5, 5.41) is 13.0. The van der Waals surface area contributed by atoms with Crippen molar-refractivity contribution in [2.75, 3.05) is 0 Å². The second kappa shape index (κ2) is 3.78. The van der Waals surface area contributed by atoms with E-state index in [-0.39, 0.29) is 5.69 Å². The molecule has 15 heavy (non-hydrogen) atoms. The van der Waals surface area contributed by atoms with Crippen molar-refractivity contribution in [3.05, 3.63) is 41.0 Å². The molecule has 2 rings (SSSR count). The molecule has 78 valence electrons. The Balaban J connectivity index is 2.31. The van der Waals surface area contributed by atoms with Crippen LogP contribution in [0.4, 0.5) is 0 Å². The fourth-order valence-electron chi connectivity index (χ4n) is 1.28. The Bertz CT molecular complexity index is 476. The van der Waals surface area contributed by atoms with Crippen molar-refractivity contribution in [3.63, 3.8) is 0 Å². The van der Waals surface area contributed by atoms with Crippen molar-refractivity contribution in [2.24, 2.45) is 0 Å². The van der Waals surface area contributed by atoms with E-state index in [4.69, 9.17) is 16.7 Å². The van der Waals surface area contributed by atoms with Crippen LogP contribution in [0.2, 0.25) is 5.02 Å². The third kappa shape index (κ3) is 2.02. The maximum absolute atomic E-state index is 10.8. The fourth-order valence-corrected chi connectivity index (χ4v) is 1.50. The van der Waals surface area contributed by atoms with Crippen LogP contribution in [-0.4, -0.2) is 20.8 Å². The van der Waals surface area contributed by atoms with Crippen LogP contribution in [0.5, 0.6) is 0 Å². The smallest absolute Gasteiger partial charge is 0.352 e. The third-order valence-corrected chi connectivity index (χ3v) is 2.11. The second-order valence-electron chi connectivity index (χ2n) is 2.97. The van der Waals surface area contributed by atoms with Gasteiger partial charge in [0.2, 0.25) is 0 Å². The molecular weight excluding hydrogens is 220 g/mol. The summed E-state index contributed by atoms with van der Waals surface area (Å²) in [5.41, 5.74) is 0.771. The van der Waals surface area contributed by atoms with Gasteiger partial charge in [-0.3, -0.25) is 0 Å². The minimum Gasteiger partial charge on any atom is -0.477 e. The lowest BCUT2D eigenvalue weighted by atomic mass is 10.4. The molecule has 0 fully saturated rings. The summed E-state index contributed by atoms with van der Waals surface area (Å²) in [6.07, 6.45) is 2.97. The first-order valence-corrected chi connectivity index (χ1v) is 4.53. The van der Waals surface area contributed by atoms with Gasteiger partial charge in [-0.25, -0.2) is 4.79 Å². The van der Waals surface area contributed by atoms with E-state index in [0.717, 1.165) is 0 Å². The van der Waals surface area contributed by atoms with Crippen molar-refractivity contribution in [1.29, 1.82) is 0 Å². The number of carbonyl (C=O) groups is 1. The van der Waals surface area contributed by atoms with E-state index in [1.807, 2.05) is 0 Å². The quantitative estimate of drug-likeness (QED) is 0.868. The molecule has 5 nitrogen and oxygen atoms in total. The number of rotatable bonds is 3. The van der Waals surface area contributed by atoms with Crippen LogP contribution >= 0.6 is 11.6 Å². The highest BCUT2D eigenvalue weighted by Crippen LogP contribution is 2.15. The van der Waals surface area contributed by atoms with Crippen LogP contribution in [0, 0.1) is 0 Å². The molecule has 0 aromatic carbocycles. The molecule has 0 amide bonds. The molecule has 0 spiro atoms. The van der Waals surface area contributed by atoms with Gasteiger partial charge in [-0.1, -0.05) is 16.8 Å². The molecule has 0 radical (unpaired) electrons. The zero-order chi connectivity index (χ0) is 10.8. The van der Waals surface area contributed by atoms with Crippen molar-refractivity contribution in [1.82, 2.24) is 9.72 Å². The van der Waals surface area contributed by atoms with Gasteiger partial charge in [-0.05, 0) is 6.07 Å². The van der Waals surface area contributed by atoms with Crippen LogP contribution in [0.15, 0.2) is 29.1 Å². The molecule has 0 bridgehead atoms. The number of carboxylic acids is 1. The Hall–Kier alpha value is -1.75. The Morgan fingerprint density at radius 2 is 2.47 bits per heavy atom. The molecule has 0 aliphatic heterocycles. The molecule has 0 aliphatic carbocycles. The summed E-state index contributed by atoms with van der Waals surface area (Å²) in [7, 11) is 0. The maximum atomic E-state index is 10.8. The van der Waals surface area contributed by atoms with Gasteiger partial charge in [0.05, 0.1) is 11.6 Å².